The predicted octanol–water partition coefficient (Wildman–Crippen LogP) is 3.98. The normalized spacial score (nSPS) is 18.1. The highest BCUT2D eigenvalue weighted by atomic mass is 16.5. The van der Waals surface area contributed by atoms with E-state index in [2.05, 4.69) is 16.7 Å². The first-order valence-electron chi connectivity index (χ1n) is 11.1. The molecule has 0 aliphatic heterocycles. The number of rotatable bonds is 8. The maximum absolute atomic E-state index is 12.1. The summed E-state index contributed by atoms with van der Waals surface area (Å²) in [4.78, 5) is 24.4. The van der Waals surface area contributed by atoms with Crippen molar-refractivity contribution in [2.75, 3.05) is 27.7 Å². The fourth-order valence-corrected chi connectivity index (χ4v) is 4.22. The van der Waals surface area contributed by atoms with Crippen molar-refractivity contribution in [3.63, 3.8) is 0 Å². The average molecular weight is 440 g/mol. The number of nitrogens with zero attached hydrogens (tertiary/aromatic N) is 1. The molecule has 0 unspecified atom stereocenters. The number of carboxylic acid groups (broad SMARTS) is 1. The number of carbonyl (C=O) groups is 2. The van der Waals surface area contributed by atoms with Crippen LogP contribution in [0.2, 0.25) is 0 Å². The highest BCUT2D eigenvalue weighted by Gasteiger charge is 2.21. The Morgan fingerprint density at radius 2 is 1.69 bits per heavy atom. The quantitative estimate of drug-likeness (QED) is 0.579. The van der Waals surface area contributed by atoms with Gasteiger partial charge in [0.15, 0.2) is 0 Å². The maximum Gasteiger partial charge on any atom is 0.404 e. The predicted molar refractivity (Wildman–Crippen MR) is 125 cm³/mol. The van der Waals surface area contributed by atoms with Crippen molar-refractivity contribution < 1.29 is 19.4 Å². The molecule has 0 aromatic heterocycles. The minimum atomic E-state index is -0.948. The Labute approximate surface area is 189 Å². The Hall–Kier alpha value is -3.06. The van der Waals surface area contributed by atoms with Crippen LogP contribution in [0, 0.1) is 5.92 Å². The maximum atomic E-state index is 12.1. The molecule has 0 bridgehead atoms. The minimum absolute atomic E-state index is 0.00960. The molecule has 3 N–H and O–H groups in total. The molecule has 0 heterocycles. The van der Waals surface area contributed by atoms with Gasteiger partial charge in [-0.3, -0.25) is 4.79 Å². The van der Waals surface area contributed by atoms with Gasteiger partial charge in [-0.25, -0.2) is 4.79 Å². The van der Waals surface area contributed by atoms with E-state index in [1.165, 1.54) is 0 Å². The number of nitrogens with one attached hydrogen (secondary N) is 2. The highest BCUT2D eigenvalue weighted by Crippen LogP contribution is 2.28. The zero-order valence-electron chi connectivity index (χ0n) is 19.1. The SMILES string of the molecule is COc1ccc(-c2ccc(C(=O)N(C)C)cc2)cc1CNC1CCC(CNC(=O)O)CC1. The first kappa shape index (κ1) is 23.6. The number of hydrogen-bond donors (Lipinski definition) is 3. The van der Waals surface area contributed by atoms with Crippen LogP contribution < -0.4 is 15.4 Å². The van der Waals surface area contributed by atoms with E-state index in [4.69, 9.17) is 9.84 Å². The van der Waals surface area contributed by atoms with Crippen LogP contribution in [0.15, 0.2) is 42.5 Å². The van der Waals surface area contributed by atoms with Crippen molar-refractivity contribution in [2.45, 2.75) is 38.3 Å². The lowest BCUT2D eigenvalue weighted by Gasteiger charge is -2.29. The fourth-order valence-electron chi connectivity index (χ4n) is 4.22. The van der Waals surface area contributed by atoms with E-state index in [1.807, 2.05) is 36.4 Å². The van der Waals surface area contributed by atoms with Crippen molar-refractivity contribution in [3.05, 3.63) is 53.6 Å². The summed E-state index contributed by atoms with van der Waals surface area (Å²) in [6, 6.07) is 14.2. The van der Waals surface area contributed by atoms with E-state index >= 15 is 0 Å². The summed E-state index contributed by atoms with van der Waals surface area (Å²) in [5.41, 5.74) is 3.89. The van der Waals surface area contributed by atoms with Gasteiger partial charge in [-0.05, 0) is 67.0 Å². The van der Waals surface area contributed by atoms with Crippen molar-refractivity contribution in [2.24, 2.45) is 5.92 Å². The van der Waals surface area contributed by atoms with Gasteiger partial charge in [0.1, 0.15) is 5.75 Å². The number of hydrogen-bond acceptors (Lipinski definition) is 4. The first-order valence-corrected chi connectivity index (χ1v) is 11.1. The number of ether oxygens (including phenoxy) is 1. The molecule has 7 heteroatoms. The average Bonchev–Trinajstić information content (AvgIpc) is 2.81. The van der Waals surface area contributed by atoms with Crippen molar-refractivity contribution in [1.29, 1.82) is 0 Å². The topological polar surface area (TPSA) is 90.9 Å². The molecule has 2 aromatic carbocycles. The molecule has 0 radical (unpaired) electrons. The van der Waals surface area contributed by atoms with Crippen LogP contribution in [0.4, 0.5) is 4.79 Å². The zero-order chi connectivity index (χ0) is 23.1. The molecule has 1 aliphatic rings. The van der Waals surface area contributed by atoms with Crippen molar-refractivity contribution >= 4 is 12.0 Å². The Morgan fingerprint density at radius 3 is 2.28 bits per heavy atom. The van der Waals surface area contributed by atoms with E-state index in [0.717, 1.165) is 48.1 Å². The van der Waals surface area contributed by atoms with Crippen LogP contribution >= 0.6 is 0 Å². The Morgan fingerprint density at radius 1 is 1.03 bits per heavy atom. The minimum Gasteiger partial charge on any atom is -0.496 e. The lowest BCUT2D eigenvalue weighted by atomic mass is 9.86. The Balaban J connectivity index is 1.62. The summed E-state index contributed by atoms with van der Waals surface area (Å²) >= 11 is 0. The second-order valence-electron chi connectivity index (χ2n) is 8.59. The van der Waals surface area contributed by atoms with Gasteiger partial charge in [0.05, 0.1) is 7.11 Å². The largest absolute Gasteiger partial charge is 0.496 e. The molecule has 32 heavy (non-hydrogen) atoms. The van der Waals surface area contributed by atoms with Gasteiger partial charge in [-0.15, -0.1) is 0 Å². The summed E-state index contributed by atoms with van der Waals surface area (Å²) in [7, 11) is 5.18. The van der Waals surface area contributed by atoms with Gasteiger partial charge in [0.25, 0.3) is 5.91 Å². The lowest BCUT2D eigenvalue weighted by molar-refractivity contribution is 0.0827. The van der Waals surface area contributed by atoms with Gasteiger partial charge in [-0.2, -0.15) is 0 Å². The van der Waals surface area contributed by atoms with Gasteiger partial charge in [-0.1, -0.05) is 18.2 Å². The number of amides is 2. The van der Waals surface area contributed by atoms with Gasteiger partial charge in [0, 0.05) is 44.4 Å². The van der Waals surface area contributed by atoms with Gasteiger partial charge < -0.3 is 25.4 Å². The molecule has 1 fully saturated rings. The standard InChI is InChI=1S/C25H33N3O4/c1-28(2)24(29)19-8-6-18(7-9-19)20-10-13-23(32-3)21(14-20)16-26-22-11-4-17(5-12-22)15-27-25(30)31/h6-10,13-14,17,22,26-27H,4-5,11-12,15-16H2,1-3H3,(H,30,31). The summed E-state index contributed by atoms with van der Waals surface area (Å²) in [6.45, 7) is 1.24. The number of carbonyl (C=O) groups excluding carboxylic acids is 1. The first-order chi connectivity index (χ1) is 15.4. The molecule has 3 rings (SSSR count). The highest BCUT2D eigenvalue weighted by molar-refractivity contribution is 5.94. The zero-order valence-corrected chi connectivity index (χ0v) is 19.1. The summed E-state index contributed by atoms with van der Waals surface area (Å²) < 4.78 is 5.57. The molecule has 2 aromatic rings. The monoisotopic (exact) mass is 439 g/mol. The molecular weight excluding hydrogens is 406 g/mol. The van der Waals surface area contributed by atoms with E-state index in [0.29, 0.717) is 30.6 Å². The van der Waals surface area contributed by atoms with Crippen LogP contribution in [0.5, 0.6) is 5.75 Å². The second kappa shape index (κ2) is 11.0. The molecular formula is C25H33N3O4. The van der Waals surface area contributed by atoms with Gasteiger partial charge >= 0.3 is 6.09 Å². The van der Waals surface area contributed by atoms with Gasteiger partial charge in [0.2, 0.25) is 0 Å². The van der Waals surface area contributed by atoms with Crippen LogP contribution in [0.25, 0.3) is 11.1 Å². The summed E-state index contributed by atoms with van der Waals surface area (Å²) in [5.74, 6) is 1.26. The van der Waals surface area contributed by atoms with Crippen LogP contribution in [0.3, 0.4) is 0 Å². The molecule has 0 atom stereocenters. The smallest absolute Gasteiger partial charge is 0.404 e. The third-order valence-corrected chi connectivity index (χ3v) is 6.12. The summed E-state index contributed by atoms with van der Waals surface area (Å²) in [5, 5.41) is 14.9. The van der Waals surface area contributed by atoms with Crippen LogP contribution in [-0.4, -0.2) is 55.8 Å². The number of methoxy groups -OCH3 is 1. The van der Waals surface area contributed by atoms with Crippen molar-refractivity contribution in [3.8, 4) is 16.9 Å². The molecule has 7 nitrogen and oxygen atoms in total. The number of benzene rings is 2. The van der Waals surface area contributed by atoms with E-state index in [-0.39, 0.29) is 5.91 Å². The molecule has 0 saturated heterocycles. The second-order valence-corrected chi connectivity index (χ2v) is 8.59. The van der Waals surface area contributed by atoms with Crippen LogP contribution in [-0.2, 0) is 6.54 Å². The van der Waals surface area contributed by atoms with Crippen molar-refractivity contribution in [1.82, 2.24) is 15.5 Å². The molecule has 2 amide bonds. The molecule has 1 saturated carbocycles. The Bertz CT molecular complexity index is 919. The summed E-state index contributed by atoms with van der Waals surface area (Å²) in [6.07, 6.45) is 3.17. The van der Waals surface area contributed by atoms with Crippen LogP contribution in [0.1, 0.15) is 41.6 Å². The third-order valence-electron chi connectivity index (χ3n) is 6.12. The molecule has 1 aliphatic carbocycles. The molecule has 172 valence electrons. The van der Waals surface area contributed by atoms with E-state index in [9.17, 15) is 9.59 Å². The third kappa shape index (κ3) is 6.23. The Kier molecular flexibility index (Phi) is 8.11. The van der Waals surface area contributed by atoms with E-state index < -0.39 is 6.09 Å². The van der Waals surface area contributed by atoms with E-state index in [1.54, 1.807) is 26.1 Å². The fraction of sp³-hybridized carbons (Fsp3) is 0.440. The molecule has 0 spiro atoms. The lowest BCUT2D eigenvalue weighted by Crippen LogP contribution is -2.36.